The van der Waals surface area contributed by atoms with Crippen molar-refractivity contribution in [1.29, 1.82) is 0 Å². The first kappa shape index (κ1) is 13.5. The molecule has 18 heavy (non-hydrogen) atoms. The fourth-order valence-electron chi connectivity index (χ4n) is 2.65. The Kier molecular flexibility index (Phi) is 4.75. The number of aliphatic hydroxyl groups is 1. The van der Waals surface area contributed by atoms with Gasteiger partial charge < -0.3 is 15.2 Å². The van der Waals surface area contributed by atoms with Crippen LogP contribution in [-0.2, 0) is 17.9 Å². The molecule has 1 fully saturated rings. The van der Waals surface area contributed by atoms with Crippen molar-refractivity contribution >= 4 is 0 Å². The lowest BCUT2D eigenvalue weighted by molar-refractivity contribution is 0.0475. The van der Waals surface area contributed by atoms with E-state index in [9.17, 15) is 5.11 Å². The highest BCUT2D eigenvalue weighted by Crippen LogP contribution is 2.28. The molecule has 0 radical (unpaired) electrons. The van der Waals surface area contributed by atoms with Gasteiger partial charge >= 0.3 is 0 Å². The molecule has 1 aromatic carbocycles. The zero-order valence-electron chi connectivity index (χ0n) is 11.1. The van der Waals surface area contributed by atoms with Crippen molar-refractivity contribution in [2.45, 2.75) is 44.4 Å². The molecule has 0 spiro atoms. The van der Waals surface area contributed by atoms with Crippen LogP contribution in [0.2, 0.25) is 0 Å². The predicted molar refractivity (Wildman–Crippen MR) is 72.3 cm³/mol. The molecule has 0 saturated heterocycles. The van der Waals surface area contributed by atoms with E-state index in [4.69, 9.17) is 4.74 Å². The van der Waals surface area contributed by atoms with Gasteiger partial charge in [-0.3, -0.25) is 0 Å². The van der Waals surface area contributed by atoms with Crippen molar-refractivity contribution in [3.8, 4) is 0 Å². The first-order valence-corrected chi connectivity index (χ1v) is 6.72. The molecule has 1 aliphatic carbocycles. The number of hydrogen-bond acceptors (Lipinski definition) is 3. The summed E-state index contributed by atoms with van der Waals surface area (Å²) in [5.41, 5.74) is 1.96. The fraction of sp³-hybridized carbons (Fsp3) is 0.600. The predicted octanol–water partition coefficient (Wildman–Crippen LogP) is 2.23. The van der Waals surface area contributed by atoms with Crippen LogP contribution >= 0.6 is 0 Å². The van der Waals surface area contributed by atoms with Crippen molar-refractivity contribution in [3.05, 3.63) is 35.4 Å². The van der Waals surface area contributed by atoms with E-state index in [2.05, 4.69) is 29.6 Å². The van der Waals surface area contributed by atoms with E-state index >= 15 is 0 Å². The zero-order chi connectivity index (χ0) is 12.8. The molecule has 0 aromatic heterocycles. The van der Waals surface area contributed by atoms with Crippen LogP contribution in [0.4, 0.5) is 0 Å². The smallest absolute Gasteiger partial charge is 0.0771 e. The number of ether oxygens (including phenoxy) is 1. The van der Waals surface area contributed by atoms with E-state index in [0.29, 0.717) is 13.2 Å². The monoisotopic (exact) mass is 249 g/mol. The quantitative estimate of drug-likeness (QED) is 0.812. The maximum atomic E-state index is 10.2. The maximum absolute atomic E-state index is 10.2. The second-order valence-electron chi connectivity index (χ2n) is 5.29. The molecule has 100 valence electrons. The highest BCUT2D eigenvalue weighted by molar-refractivity contribution is 5.22. The van der Waals surface area contributed by atoms with Gasteiger partial charge in [-0.2, -0.15) is 0 Å². The summed E-state index contributed by atoms with van der Waals surface area (Å²) in [5, 5.41) is 13.6. The minimum atomic E-state index is -0.468. The average Bonchev–Trinajstić information content (AvgIpc) is 2.77. The van der Waals surface area contributed by atoms with Crippen LogP contribution in [0.3, 0.4) is 0 Å². The van der Waals surface area contributed by atoms with Crippen LogP contribution in [0.1, 0.15) is 36.8 Å². The van der Waals surface area contributed by atoms with Crippen LogP contribution in [0.15, 0.2) is 24.3 Å². The molecule has 1 saturated carbocycles. The fourth-order valence-corrected chi connectivity index (χ4v) is 2.65. The van der Waals surface area contributed by atoms with Crippen molar-refractivity contribution < 1.29 is 9.84 Å². The summed E-state index contributed by atoms with van der Waals surface area (Å²) in [6.45, 7) is 2.15. The molecule has 1 aromatic rings. The Labute approximate surface area is 109 Å². The van der Waals surface area contributed by atoms with Crippen LogP contribution < -0.4 is 5.32 Å². The Bertz CT molecular complexity index is 373. The summed E-state index contributed by atoms with van der Waals surface area (Å²) >= 11 is 0. The Balaban J connectivity index is 1.80. The van der Waals surface area contributed by atoms with Gasteiger partial charge in [0.05, 0.1) is 12.2 Å². The standard InChI is InChI=1S/C15H23NO2/c1-18-11-14-6-4-5-13(9-14)10-16-12-15(17)7-2-3-8-15/h4-6,9,16-17H,2-3,7-8,10-12H2,1H3. The van der Waals surface area contributed by atoms with Gasteiger partial charge in [0, 0.05) is 20.2 Å². The largest absolute Gasteiger partial charge is 0.389 e. The molecule has 0 bridgehead atoms. The first-order chi connectivity index (χ1) is 8.72. The van der Waals surface area contributed by atoms with Crippen LogP contribution in [0.25, 0.3) is 0 Å². The second kappa shape index (κ2) is 6.32. The summed E-state index contributed by atoms with van der Waals surface area (Å²) in [5.74, 6) is 0. The molecule has 0 unspecified atom stereocenters. The van der Waals surface area contributed by atoms with Gasteiger partial charge in [0.2, 0.25) is 0 Å². The number of nitrogens with one attached hydrogen (secondary N) is 1. The average molecular weight is 249 g/mol. The van der Waals surface area contributed by atoms with E-state index in [1.807, 2.05) is 0 Å². The molecule has 0 aliphatic heterocycles. The van der Waals surface area contributed by atoms with Gasteiger partial charge in [0.15, 0.2) is 0 Å². The minimum Gasteiger partial charge on any atom is -0.389 e. The third-order valence-electron chi connectivity index (χ3n) is 3.62. The van der Waals surface area contributed by atoms with Crippen molar-refractivity contribution in [2.75, 3.05) is 13.7 Å². The molecule has 1 aliphatic rings. The van der Waals surface area contributed by atoms with Crippen LogP contribution in [0.5, 0.6) is 0 Å². The summed E-state index contributed by atoms with van der Waals surface area (Å²) in [4.78, 5) is 0. The highest BCUT2D eigenvalue weighted by Gasteiger charge is 2.30. The van der Waals surface area contributed by atoms with Gasteiger partial charge in [0.1, 0.15) is 0 Å². The van der Waals surface area contributed by atoms with E-state index in [1.54, 1.807) is 7.11 Å². The molecule has 2 N–H and O–H groups in total. The number of methoxy groups -OCH3 is 1. The summed E-state index contributed by atoms with van der Waals surface area (Å²) in [7, 11) is 1.71. The van der Waals surface area contributed by atoms with Gasteiger partial charge in [0.25, 0.3) is 0 Å². The van der Waals surface area contributed by atoms with Crippen molar-refractivity contribution in [1.82, 2.24) is 5.32 Å². The molecule has 0 amide bonds. The second-order valence-corrected chi connectivity index (χ2v) is 5.29. The van der Waals surface area contributed by atoms with E-state index in [-0.39, 0.29) is 0 Å². The topological polar surface area (TPSA) is 41.5 Å². The minimum absolute atomic E-state index is 0.468. The highest BCUT2D eigenvalue weighted by atomic mass is 16.5. The molecule has 3 heteroatoms. The lowest BCUT2D eigenvalue weighted by Crippen LogP contribution is -2.37. The molecular weight excluding hydrogens is 226 g/mol. The van der Waals surface area contributed by atoms with Gasteiger partial charge in [-0.05, 0) is 24.0 Å². The molecule has 0 heterocycles. The molecule has 2 rings (SSSR count). The molecular formula is C15H23NO2. The Morgan fingerprint density at radius 1 is 1.28 bits per heavy atom. The Morgan fingerprint density at radius 2 is 2.00 bits per heavy atom. The lowest BCUT2D eigenvalue weighted by atomic mass is 10.0. The van der Waals surface area contributed by atoms with Gasteiger partial charge in [-0.25, -0.2) is 0 Å². The number of benzene rings is 1. The molecule has 3 nitrogen and oxygen atoms in total. The summed E-state index contributed by atoms with van der Waals surface area (Å²) < 4.78 is 5.12. The summed E-state index contributed by atoms with van der Waals surface area (Å²) in [6.07, 6.45) is 4.18. The zero-order valence-corrected chi connectivity index (χ0v) is 11.1. The van der Waals surface area contributed by atoms with E-state index < -0.39 is 5.60 Å². The Morgan fingerprint density at radius 3 is 2.72 bits per heavy atom. The van der Waals surface area contributed by atoms with Gasteiger partial charge in [-0.15, -0.1) is 0 Å². The van der Waals surface area contributed by atoms with Crippen molar-refractivity contribution in [3.63, 3.8) is 0 Å². The number of hydrogen-bond donors (Lipinski definition) is 2. The normalized spacial score (nSPS) is 18.1. The van der Waals surface area contributed by atoms with E-state index in [0.717, 1.165) is 32.2 Å². The van der Waals surface area contributed by atoms with E-state index in [1.165, 1.54) is 11.1 Å². The third kappa shape index (κ3) is 3.80. The Hall–Kier alpha value is -0.900. The lowest BCUT2D eigenvalue weighted by Gasteiger charge is -2.22. The van der Waals surface area contributed by atoms with Crippen LogP contribution in [-0.4, -0.2) is 24.4 Å². The molecule has 0 atom stereocenters. The number of rotatable bonds is 6. The maximum Gasteiger partial charge on any atom is 0.0771 e. The first-order valence-electron chi connectivity index (χ1n) is 6.72. The third-order valence-corrected chi connectivity index (χ3v) is 3.62. The SMILES string of the molecule is COCc1cccc(CNCC2(O)CCCC2)c1. The van der Waals surface area contributed by atoms with Crippen molar-refractivity contribution in [2.24, 2.45) is 0 Å². The summed E-state index contributed by atoms with van der Waals surface area (Å²) in [6, 6.07) is 8.37. The van der Waals surface area contributed by atoms with Crippen LogP contribution in [0, 0.1) is 0 Å². The van der Waals surface area contributed by atoms with Gasteiger partial charge in [-0.1, -0.05) is 37.1 Å².